The van der Waals surface area contributed by atoms with Crippen LogP contribution in [0.15, 0.2) is 36.4 Å². The fourth-order valence-corrected chi connectivity index (χ4v) is 2.90. The number of amides is 1. The number of rotatable bonds is 5. The van der Waals surface area contributed by atoms with Gasteiger partial charge in [0.2, 0.25) is 0 Å². The largest absolute Gasteiger partial charge is 0.480 e. The minimum absolute atomic E-state index is 0.269. The number of aryl methyl sites for hydroxylation is 2. The summed E-state index contributed by atoms with van der Waals surface area (Å²) in [5.74, 6) is -1.36. The number of aliphatic carboxylic acids is 1. The zero-order valence-corrected chi connectivity index (χ0v) is 12.7. The zero-order chi connectivity index (χ0) is 15.4. The van der Waals surface area contributed by atoms with E-state index >= 15 is 0 Å². The Labute approximate surface area is 127 Å². The Bertz CT molecular complexity index is 629. The molecule has 21 heavy (non-hydrogen) atoms. The van der Waals surface area contributed by atoms with Crippen molar-refractivity contribution in [1.29, 1.82) is 0 Å². The lowest BCUT2D eigenvalue weighted by Gasteiger charge is -2.14. The van der Waals surface area contributed by atoms with Crippen molar-refractivity contribution in [2.45, 2.75) is 26.3 Å². The molecule has 0 aliphatic rings. The molecule has 1 aromatic heterocycles. The summed E-state index contributed by atoms with van der Waals surface area (Å²) in [6.07, 6.45) is 0.269. The van der Waals surface area contributed by atoms with Gasteiger partial charge in [-0.05, 0) is 31.0 Å². The fraction of sp³-hybridized carbons (Fsp3) is 0.250. The van der Waals surface area contributed by atoms with Gasteiger partial charge in [0, 0.05) is 11.3 Å². The highest BCUT2D eigenvalue weighted by Gasteiger charge is 2.22. The van der Waals surface area contributed by atoms with Gasteiger partial charge < -0.3 is 10.4 Å². The molecular formula is C16H17NO3S. The predicted octanol–water partition coefficient (Wildman–Crippen LogP) is 2.79. The first kappa shape index (κ1) is 15.3. The van der Waals surface area contributed by atoms with Crippen molar-refractivity contribution >= 4 is 23.2 Å². The average Bonchev–Trinajstić information content (AvgIpc) is 2.79. The number of thiophene rings is 1. The minimum Gasteiger partial charge on any atom is -0.480 e. The van der Waals surface area contributed by atoms with Crippen molar-refractivity contribution in [2.24, 2.45) is 0 Å². The Balaban J connectivity index is 2.09. The second-order valence-corrected chi connectivity index (χ2v) is 6.16. The smallest absolute Gasteiger partial charge is 0.326 e. The molecule has 1 amide bonds. The maximum Gasteiger partial charge on any atom is 0.326 e. The van der Waals surface area contributed by atoms with Gasteiger partial charge in [-0.15, -0.1) is 11.3 Å². The summed E-state index contributed by atoms with van der Waals surface area (Å²) in [7, 11) is 0. The number of carboxylic acid groups (broad SMARTS) is 1. The van der Waals surface area contributed by atoms with Gasteiger partial charge in [-0.3, -0.25) is 4.79 Å². The van der Waals surface area contributed by atoms with Crippen molar-refractivity contribution in [2.75, 3.05) is 0 Å². The van der Waals surface area contributed by atoms with Crippen molar-refractivity contribution in [1.82, 2.24) is 5.32 Å². The summed E-state index contributed by atoms with van der Waals surface area (Å²) >= 11 is 1.38. The molecule has 5 heteroatoms. The maximum absolute atomic E-state index is 12.2. The van der Waals surface area contributed by atoms with Crippen LogP contribution in [0, 0.1) is 13.8 Å². The van der Waals surface area contributed by atoms with E-state index in [1.165, 1.54) is 11.3 Å². The van der Waals surface area contributed by atoms with E-state index in [4.69, 9.17) is 0 Å². The normalized spacial score (nSPS) is 11.9. The second kappa shape index (κ2) is 6.54. The molecule has 4 nitrogen and oxygen atoms in total. The third-order valence-corrected chi connectivity index (χ3v) is 4.43. The standard InChI is InChI=1S/C16H17NO3S/c1-10-8-14(21-11(10)2)15(18)17-13(16(19)20)9-12-6-4-3-5-7-12/h3-8,13H,9H2,1-2H3,(H,17,18)(H,19,20)/t13-/m1/s1. The van der Waals surface area contributed by atoms with Crippen LogP contribution in [0.25, 0.3) is 0 Å². The Hall–Kier alpha value is -2.14. The van der Waals surface area contributed by atoms with Crippen LogP contribution in [0.3, 0.4) is 0 Å². The Morgan fingerprint density at radius 2 is 1.90 bits per heavy atom. The summed E-state index contributed by atoms with van der Waals surface area (Å²) in [4.78, 5) is 25.1. The fourth-order valence-electron chi connectivity index (χ4n) is 1.96. The third-order valence-electron chi connectivity index (χ3n) is 3.28. The zero-order valence-electron chi connectivity index (χ0n) is 11.9. The van der Waals surface area contributed by atoms with E-state index in [1.807, 2.05) is 44.2 Å². The lowest BCUT2D eigenvalue weighted by Crippen LogP contribution is -2.42. The lowest BCUT2D eigenvalue weighted by atomic mass is 10.1. The summed E-state index contributed by atoms with van der Waals surface area (Å²) in [5, 5.41) is 11.9. The van der Waals surface area contributed by atoms with E-state index in [0.717, 1.165) is 16.0 Å². The number of hydrogen-bond acceptors (Lipinski definition) is 3. The molecular weight excluding hydrogens is 286 g/mol. The molecule has 0 radical (unpaired) electrons. The number of carbonyl (C=O) groups excluding carboxylic acids is 1. The molecule has 2 aromatic rings. The van der Waals surface area contributed by atoms with Crippen LogP contribution in [-0.4, -0.2) is 23.0 Å². The number of nitrogens with one attached hydrogen (secondary N) is 1. The second-order valence-electron chi connectivity index (χ2n) is 4.90. The van der Waals surface area contributed by atoms with Crippen LogP contribution < -0.4 is 5.32 Å². The van der Waals surface area contributed by atoms with Gasteiger partial charge in [0.25, 0.3) is 5.91 Å². The van der Waals surface area contributed by atoms with E-state index in [1.54, 1.807) is 6.07 Å². The van der Waals surface area contributed by atoms with E-state index in [-0.39, 0.29) is 12.3 Å². The number of carboxylic acids is 1. The molecule has 0 fully saturated rings. The van der Waals surface area contributed by atoms with Gasteiger partial charge in [-0.25, -0.2) is 4.79 Å². The van der Waals surface area contributed by atoms with Crippen LogP contribution in [0.5, 0.6) is 0 Å². The molecule has 0 saturated heterocycles. The number of carbonyl (C=O) groups is 2. The summed E-state index contributed by atoms with van der Waals surface area (Å²) in [5.41, 5.74) is 1.92. The van der Waals surface area contributed by atoms with Crippen LogP contribution in [0.4, 0.5) is 0 Å². The quantitative estimate of drug-likeness (QED) is 0.892. The van der Waals surface area contributed by atoms with E-state index in [9.17, 15) is 14.7 Å². The minimum atomic E-state index is -1.03. The van der Waals surface area contributed by atoms with Crippen LogP contribution in [-0.2, 0) is 11.2 Å². The topological polar surface area (TPSA) is 66.4 Å². The monoisotopic (exact) mass is 303 g/mol. The van der Waals surface area contributed by atoms with E-state index in [0.29, 0.717) is 4.88 Å². The van der Waals surface area contributed by atoms with Crippen LogP contribution in [0.2, 0.25) is 0 Å². The van der Waals surface area contributed by atoms with Gasteiger partial charge >= 0.3 is 5.97 Å². The molecule has 2 rings (SSSR count). The molecule has 0 saturated carbocycles. The maximum atomic E-state index is 12.2. The molecule has 0 unspecified atom stereocenters. The number of hydrogen-bond donors (Lipinski definition) is 2. The van der Waals surface area contributed by atoms with E-state index in [2.05, 4.69) is 5.32 Å². The summed E-state index contributed by atoms with van der Waals surface area (Å²) in [6.45, 7) is 3.87. The van der Waals surface area contributed by atoms with Gasteiger partial charge in [0.1, 0.15) is 6.04 Å². The van der Waals surface area contributed by atoms with E-state index < -0.39 is 12.0 Å². The van der Waals surface area contributed by atoms with Crippen molar-refractivity contribution in [3.63, 3.8) is 0 Å². The van der Waals surface area contributed by atoms with Crippen molar-refractivity contribution in [3.8, 4) is 0 Å². The van der Waals surface area contributed by atoms with Crippen LogP contribution >= 0.6 is 11.3 Å². The predicted molar refractivity (Wildman–Crippen MR) is 82.8 cm³/mol. The van der Waals surface area contributed by atoms with Crippen LogP contribution in [0.1, 0.15) is 25.7 Å². The Morgan fingerprint density at radius 3 is 2.43 bits per heavy atom. The van der Waals surface area contributed by atoms with Crippen molar-refractivity contribution < 1.29 is 14.7 Å². The van der Waals surface area contributed by atoms with Gasteiger partial charge in [-0.2, -0.15) is 0 Å². The first-order chi connectivity index (χ1) is 9.97. The van der Waals surface area contributed by atoms with Gasteiger partial charge in [0.05, 0.1) is 4.88 Å². The number of benzene rings is 1. The molecule has 2 N–H and O–H groups in total. The molecule has 0 spiro atoms. The molecule has 0 bridgehead atoms. The summed E-state index contributed by atoms with van der Waals surface area (Å²) in [6, 6.07) is 10.1. The first-order valence-corrected chi connectivity index (χ1v) is 7.43. The Morgan fingerprint density at radius 1 is 1.24 bits per heavy atom. The van der Waals surface area contributed by atoms with Gasteiger partial charge in [0.15, 0.2) is 0 Å². The molecule has 1 atom stereocenters. The lowest BCUT2D eigenvalue weighted by molar-refractivity contribution is -0.139. The Kier molecular flexibility index (Phi) is 4.75. The highest BCUT2D eigenvalue weighted by Crippen LogP contribution is 2.20. The first-order valence-electron chi connectivity index (χ1n) is 6.62. The third kappa shape index (κ3) is 3.92. The molecule has 0 aliphatic carbocycles. The highest BCUT2D eigenvalue weighted by molar-refractivity contribution is 7.14. The average molecular weight is 303 g/mol. The highest BCUT2D eigenvalue weighted by atomic mass is 32.1. The summed E-state index contributed by atoms with van der Waals surface area (Å²) < 4.78 is 0. The molecule has 110 valence electrons. The molecule has 1 aromatic carbocycles. The molecule has 1 heterocycles. The van der Waals surface area contributed by atoms with Crippen molar-refractivity contribution in [3.05, 3.63) is 57.3 Å². The van der Waals surface area contributed by atoms with Gasteiger partial charge in [-0.1, -0.05) is 30.3 Å². The SMILES string of the molecule is Cc1cc(C(=O)N[C@H](Cc2ccccc2)C(=O)O)sc1C. The molecule has 0 aliphatic heterocycles.